The van der Waals surface area contributed by atoms with Crippen LogP contribution in [0.1, 0.15) is 32.6 Å². The molecule has 1 aromatic carbocycles. The van der Waals surface area contributed by atoms with Gasteiger partial charge < -0.3 is 10.5 Å². The maximum absolute atomic E-state index is 12.9. The molecule has 1 aliphatic rings. The van der Waals surface area contributed by atoms with Gasteiger partial charge in [-0.15, -0.1) is 0 Å². The van der Waals surface area contributed by atoms with Gasteiger partial charge in [-0.3, -0.25) is 0 Å². The molecular weight excluding hydrogens is 205 g/mol. The zero-order chi connectivity index (χ0) is 11.5. The molecule has 0 bridgehead atoms. The fourth-order valence-corrected chi connectivity index (χ4v) is 2.25. The molecule has 0 radical (unpaired) electrons. The van der Waals surface area contributed by atoms with Crippen LogP contribution in [0.15, 0.2) is 18.2 Å². The first kappa shape index (κ1) is 11.2. The van der Waals surface area contributed by atoms with E-state index < -0.39 is 0 Å². The first-order chi connectivity index (χ1) is 7.66. The summed E-state index contributed by atoms with van der Waals surface area (Å²) in [7, 11) is 0. The minimum Gasteiger partial charge on any atom is -0.488 e. The van der Waals surface area contributed by atoms with Crippen molar-refractivity contribution in [3.05, 3.63) is 24.0 Å². The normalized spacial score (nSPS) is 25.4. The van der Waals surface area contributed by atoms with Gasteiger partial charge in [0.2, 0.25) is 0 Å². The molecule has 0 saturated heterocycles. The second kappa shape index (κ2) is 4.73. The lowest BCUT2D eigenvalue weighted by Gasteiger charge is -2.29. The van der Waals surface area contributed by atoms with Crippen LogP contribution in [-0.4, -0.2) is 6.10 Å². The van der Waals surface area contributed by atoms with Gasteiger partial charge in [-0.1, -0.05) is 13.3 Å². The number of halogens is 1. The lowest BCUT2D eigenvalue weighted by atomic mass is 9.88. The van der Waals surface area contributed by atoms with Crippen molar-refractivity contribution in [3.8, 4) is 5.75 Å². The number of hydrogen-bond donors (Lipinski definition) is 1. The van der Waals surface area contributed by atoms with Gasteiger partial charge in [0.15, 0.2) is 0 Å². The lowest BCUT2D eigenvalue weighted by Crippen LogP contribution is -2.28. The predicted octanol–water partition coefficient (Wildman–Crippen LogP) is 3.37. The molecule has 16 heavy (non-hydrogen) atoms. The summed E-state index contributed by atoms with van der Waals surface area (Å²) in [5.41, 5.74) is 6.11. The van der Waals surface area contributed by atoms with Gasteiger partial charge in [0.1, 0.15) is 17.7 Å². The Balaban J connectivity index is 2.07. The van der Waals surface area contributed by atoms with E-state index in [1.165, 1.54) is 31.4 Å². The van der Waals surface area contributed by atoms with E-state index >= 15 is 0 Å². The van der Waals surface area contributed by atoms with Crippen molar-refractivity contribution in [2.75, 3.05) is 5.73 Å². The summed E-state index contributed by atoms with van der Waals surface area (Å²) >= 11 is 0. The Bertz CT molecular complexity index is 367. The molecule has 1 saturated carbocycles. The van der Waals surface area contributed by atoms with Gasteiger partial charge in [-0.2, -0.15) is 0 Å². The summed E-state index contributed by atoms with van der Waals surface area (Å²) in [6, 6.07) is 4.31. The highest BCUT2D eigenvalue weighted by molar-refractivity contribution is 5.52. The van der Waals surface area contributed by atoms with Crippen molar-refractivity contribution < 1.29 is 9.13 Å². The molecule has 0 aromatic heterocycles. The number of anilines is 1. The molecule has 88 valence electrons. The van der Waals surface area contributed by atoms with Crippen LogP contribution in [-0.2, 0) is 0 Å². The van der Waals surface area contributed by atoms with Crippen LogP contribution in [0.25, 0.3) is 0 Å². The molecule has 3 heteroatoms. The number of benzene rings is 1. The number of nitrogen functional groups attached to an aromatic ring is 1. The molecule has 0 amide bonds. The summed E-state index contributed by atoms with van der Waals surface area (Å²) in [5.74, 6) is 0.847. The van der Waals surface area contributed by atoms with E-state index in [4.69, 9.17) is 10.5 Å². The molecule has 0 heterocycles. The third-order valence-corrected chi connectivity index (χ3v) is 3.28. The maximum Gasteiger partial charge on any atom is 0.142 e. The summed E-state index contributed by atoms with van der Waals surface area (Å²) in [5, 5.41) is 0. The second-order valence-electron chi connectivity index (χ2n) is 4.60. The Morgan fingerprint density at radius 2 is 2.06 bits per heavy atom. The molecule has 2 nitrogen and oxygen atoms in total. The van der Waals surface area contributed by atoms with Crippen LogP contribution >= 0.6 is 0 Å². The fourth-order valence-electron chi connectivity index (χ4n) is 2.25. The molecule has 2 atom stereocenters. The predicted molar refractivity (Wildman–Crippen MR) is 62.9 cm³/mol. The molecule has 1 fully saturated rings. The van der Waals surface area contributed by atoms with Gasteiger partial charge in [-0.25, -0.2) is 4.39 Å². The van der Waals surface area contributed by atoms with E-state index in [1.54, 1.807) is 6.07 Å². The molecule has 2 rings (SSSR count). The average molecular weight is 223 g/mol. The summed E-state index contributed by atoms with van der Waals surface area (Å²) in [6.07, 6.45) is 4.97. The van der Waals surface area contributed by atoms with E-state index in [0.29, 0.717) is 17.4 Å². The zero-order valence-electron chi connectivity index (χ0n) is 9.58. The highest BCUT2D eigenvalue weighted by Gasteiger charge is 2.23. The third-order valence-electron chi connectivity index (χ3n) is 3.28. The van der Waals surface area contributed by atoms with Gasteiger partial charge >= 0.3 is 0 Å². The number of hydrogen-bond acceptors (Lipinski definition) is 2. The molecule has 2 unspecified atom stereocenters. The van der Waals surface area contributed by atoms with Crippen molar-refractivity contribution in [2.24, 2.45) is 5.92 Å². The standard InChI is InChI=1S/C13H18FNO/c1-9-4-2-3-5-12(9)16-13-7-6-10(14)8-11(13)15/h6-9,12H,2-5,15H2,1H3. The Kier molecular flexibility index (Phi) is 3.32. The van der Waals surface area contributed by atoms with Crippen LogP contribution in [0.5, 0.6) is 5.75 Å². The van der Waals surface area contributed by atoms with Crippen LogP contribution in [0.3, 0.4) is 0 Å². The molecule has 0 aliphatic heterocycles. The van der Waals surface area contributed by atoms with Crippen LogP contribution in [0.2, 0.25) is 0 Å². The van der Waals surface area contributed by atoms with Crippen molar-refractivity contribution in [3.63, 3.8) is 0 Å². The van der Waals surface area contributed by atoms with E-state index in [2.05, 4.69) is 6.92 Å². The first-order valence-electron chi connectivity index (χ1n) is 5.88. The molecule has 2 N–H and O–H groups in total. The topological polar surface area (TPSA) is 35.2 Å². The van der Waals surface area contributed by atoms with Crippen molar-refractivity contribution >= 4 is 5.69 Å². The lowest BCUT2D eigenvalue weighted by molar-refractivity contribution is 0.103. The Morgan fingerprint density at radius 3 is 2.75 bits per heavy atom. The highest BCUT2D eigenvalue weighted by Crippen LogP contribution is 2.30. The number of nitrogens with two attached hydrogens (primary N) is 1. The number of rotatable bonds is 2. The fraction of sp³-hybridized carbons (Fsp3) is 0.538. The van der Waals surface area contributed by atoms with Crippen molar-refractivity contribution in [1.82, 2.24) is 0 Å². The molecule has 0 spiro atoms. The Morgan fingerprint density at radius 1 is 1.31 bits per heavy atom. The van der Waals surface area contributed by atoms with Crippen LogP contribution in [0, 0.1) is 11.7 Å². The molecular formula is C13H18FNO. The summed E-state index contributed by atoms with van der Waals surface area (Å²) in [4.78, 5) is 0. The Labute approximate surface area is 95.6 Å². The van der Waals surface area contributed by atoms with Crippen molar-refractivity contribution in [2.45, 2.75) is 38.7 Å². The van der Waals surface area contributed by atoms with Gasteiger partial charge in [0.25, 0.3) is 0 Å². The smallest absolute Gasteiger partial charge is 0.142 e. The SMILES string of the molecule is CC1CCCCC1Oc1ccc(F)cc1N. The number of ether oxygens (including phenoxy) is 1. The van der Waals surface area contributed by atoms with Crippen LogP contribution in [0.4, 0.5) is 10.1 Å². The van der Waals surface area contributed by atoms with Gasteiger partial charge in [0, 0.05) is 6.07 Å². The highest BCUT2D eigenvalue weighted by atomic mass is 19.1. The second-order valence-corrected chi connectivity index (χ2v) is 4.60. The van der Waals surface area contributed by atoms with Crippen molar-refractivity contribution in [1.29, 1.82) is 0 Å². The molecule has 1 aromatic rings. The van der Waals surface area contributed by atoms with E-state index in [0.717, 1.165) is 6.42 Å². The molecule has 1 aliphatic carbocycles. The average Bonchev–Trinajstić information content (AvgIpc) is 2.25. The third kappa shape index (κ3) is 2.46. The monoisotopic (exact) mass is 223 g/mol. The largest absolute Gasteiger partial charge is 0.488 e. The minimum atomic E-state index is -0.318. The first-order valence-corrected chi connectivity index (χ1v) is 5.88. The maximum atomic E-state index is 12.9. The zero-order valence-corrected chi connectivity index (χ0v) is 9.58. The Hall–Kier alpha value is -1.25. The quantitative estimate of drug-likeness (QED) is 0.780. The van der Waals surface area contributed by atoms with E-state index in [-0.39, 0.29) is 11.9 Å². The summed E-state index contributed by atoms with van der Waals surface area (Å²) in [6.45, 7) is 2.20. The van der Waals surface area contributed by atoms with E-state index in [1.807, 2.05) is 0 Å². The van der Waals surface area contributed by atoms with Gasteiger partial charge in [0.05, 0.1) is 5.69 Å². The summed E-state index contributed by atoms with van der Waals surface area (Å²) < 4.78 is 18.7. The minimum absolute atomic E-state index is 0.224. The van der Waals surface area contributed by atoms with E-state index in [9.17, 15) is 4.39 Å². The van der Waals surface area contributed by atoms with Crippen LogP contribution < -0.4 is 10.5 Å². The van der Waals surface area contributed by atoms with Gasteiger partial charge in [-0.05, 0) is 37.3 Å².